The number of carbonyl (C=O) groups is 1. The summed E-state index contributed by atoms with van der Waals surface area (Å²) in [6, 6.07) is 3.90. The summed E-state index contributed by atoms with van der Waals surface area (Å²) in [7, 11) is 2.13. The second kappa shape index (κ2) is 8.11. The van der Waals surface area contributed by atoms with Gasteiger partial charge in [0.15, 0.2) is 0 Å². The van der Waals surface area contributed by atoms with Crippen molar-refractivity contribution in [1.29, 1.82) is 0 Å². The smallest absolute Gasteiger partial charge is 0.317 e. The first-order chi connectivity index (χ1) is 12.2. The van der Waals surface area contributed by atoms with Gasteiger partial charge in [0.1, 0.15) is 12.1 Å². The molecule has 0 aliphatic carbocycles. The van der Waals surface area contributed by atoms with Gasteiger partial charge in [-0.25, -0.2) is 14.8 Å². The van der Waals surface area contributed by atoms with E-state index in [0.717, 1.165) is 44.0 Å². The molecule has 1 unspecified atom stereocenters. The van der Waals surface area contributed by atoms with Crippen LogP contribution >= 0.6 is 0 Å². The fourth-order valence-corrected chi connectivity index (χ4v) is 3.13. The van der Waals surface area contributed by atoms with E-state index in [1.54, 1.807) is 18.7 Å². The highest BCUT2D eigenvalue weighted by Crippen LogP contribution is 2.17. The summed E-state index contributed by atoms with van der Waals surface area (Å²) in [6.45, 7) is 6.44. The number of aromatic nitrogens is 3. The van der Waals surface area contributed by atoms with Gasteiger partial charge in [0.2, 0.25) is 0 Å². The summed E-state index contributed by atoms with van der Waals surface area (Å²) in [5.41, 5.74) is 1.02. The first-order valence-electron chi connectivity index (χ1n) is 8.80. The van der Waals surface area contributed by atoms with Crippen LogP contribution in [-0.2, 0) is 6.54 Å². The number of amides is 2. The van der Waals surface area contributed by atoms with E-state index < -0.39 is 0 Å². The van der Waals surface area contributed by atoms with Crippen molar-refractivity contribution in [3.63, 3.8) is 0 Å². The number of carbonyl (C=O) groups excluding carboxylic acids is 1. The number of pyridine rings is 1. The zero-order valence-corrected chi connectivity index (χ0v) is 14.9. The van der Waals surface area contributed by atoms with Crippen molar-refractivity contribution < 1.29 is 4.79 Å². The second-order valence-corrected chi connectivity index (χ2v) is 6.61. The van der Waals surface area contributed by atoms with Crippen LogP contribution in [0, 0.1) is 5.92 Å². The topological polar surface area (TPSA) is 66.3 Å². The molecule has 2 aromatic rings. The fraction of sp³-hybridized carbons (Fsp3) is 0.500. The maximum Gasteiger partial charge on any atom is 0.317 e. The van der Waals surface area contributed by atoms with Crippen molar-refractivity contribution in [3.05, 3.63) is 42.6 Å². The van der Waals surface area contributed by atoms with Crippen LogP contribution in [0.5, 0.6) is 0 Å². The average molecular weight is 342 g/mol. The summed E-state index contributed by atoms with van der Waals surface area (Å²) in [5.74, 6) is 1.37. The van der Waals surface area contributed by atoms with Crippen molar-refractivity contribution >= 4 is 6.03 Å². The van der Waals surface area contributed by atoms with Gasteiger partial charge in [-0.05, 0) is 43.6 Å². The number of imidazole rings is 1. The van der Waals surface area contributed by atoms with E-state index in [4.69, 9.17) is 0 Å². The van der Waals surface area contributed by atoms with Crippen molar-refractivity contribution in [2.45, 2.75) is 19.9 Å². The van der Waals surface area contributed by atoms with Gasteiger partial charge < -0.3 is 15.1 Å². The van der Waals surface area contributed by atoms with Crippen LogP contribution in [-0.4, -0.2) is 63.6 Å². The molecule has 1 aliphatic rings. The Balaban J connectivity index is 1.50. The molecule has 25 heavy (non-hydrogen) atoms. The molecule has 3 rings (SSSR count). The second-order valence-electron chi connectivity index (χ2n) is 6.61. The molecule has 1 N–H and O–H groups in total. The summed E-state index contributed by atoms with van der Waals surface area (Å²) >= 11 is 0. The molecule has 7 nitrogen and oxygen atoms in total. The van der Waals surface area contributed by atoms with Gasteiger partial charge in [-0.2, -0.15) is 0 Å². The molecule has 1 saturated heterocycles. The van der Waals surface area contributed by atoms with E-state index in [9.17, 15) is 4.79 Å². The largest absolute Gasteiger partial charge is 0.334 e. The third kappa shape index (κ3) is 4.57. The number of hydrogen-bond acceptors (Lipinski definition) is 4. The highest BCUT2D eigenvalue weighted by atomic mass is 16.2. The summed E-state index contributed by atoms with van der Waals surface area (Å²) in [5, 5.41) is 3.02. The van der Waals surface area contributed by atoms with Gasteiger partial charge >= 0.3 is 6.03 Å². The van der Waals surface area contributed by atoms with Crippen LogP contribution in [0.3, 0.4) is 0 Å². The molecule has 0 spiro atoms. The summed E-state index contributed by atoms with van der Waals surface area (Å²) in [6.07, 6.45) is 8.11. The zero-order valence-electron chi connectivity index (χ0n) is 14.9. The number of urea groups is 1. The first kappa shape index (κ1) is 17.4. The predicted molar refractivity (Wildman–Crippen MR) is 96.4 cm³/mol. The van der Waals surface area contributed by atoms with Gasteiger partial charge in [0, 0.05) is 44.8 Å². The lowest BCUT2D eigenvalue weighted by atomic mass is 10.1. The lowest BCUT2D eigenvalue weighted by molar-refractivity contribution is 0.204. The first-order valence-corrected chi connectivity index (χ1v) is 8.80. The molecule has 0 saturated carbocycles. The average Bonchev–Trinajstić information content (AvgIpc) is 3.32. The Morgan fingerprint density at radius 3 is 3.08 bits per heavy atom. The Morgan fingerprint density at radius 1 is 1.44 bits per heavy atom. The van der Waals surface area contributed by atoms with Gasteiger partial charge in [-0.15, -0.1) is 0 Å². The quantitative estimate of drug-likeness (QED) is 0.868. The van der Waals surface area contributed by atoms with Crippen LogP contribution in [0.4, 0.5) is 4.79 Å². The van der Waals surface area contributed by atoms with Crippen LogP contribution in [0.1, 0.15) is 18.9 Å². The number of nitrogens with one attached hydrogen (secondary N) is 1. The van der Waals surface area contributed by atoms with Crippen molar-refractivity contribution in [2.75, 3.05) is 33.2 Å². The van der Waals surface area contributed by atoms with E-state index in [1.807, 2.05) is 27.8 Å². The minimum absolute atomic E-state index is 0.0163. The Morgan fingerprint density at radius 2 is 2.32 bits per heavy atom. The Kier molecular flexibility index (Phi) is 5.65. The number of likely N-dealkylation sites (tertiary alicyclic amines) is 1. The highest BCUT2D eigenvalue weighted by molar-refractivity contribution is 5.74. The van der Waals surface area contributed by atoms with E-state index in [1.165, 1.54) is 0 Å². The van der Waals surface area contributed by atoms with Gasteiger partial charge in [0.25, 0.3) is 0 Å². The molecule has 3 heterocycles. The van der Waals surface area contributed by atoms with Crippen molar-refractivity contribution in [3.8, 4) is 5.82 Å². The molecule has 1 fully saturated rings. The molecule has 0 radical (unpaired) electrons. The van der Waals surface area contributed by atoms with E-state index in [0.29, 0.717) is 12.5 Å². The molecule has 0 bridgehead atoms. The monoisotopic (exact) mass is 342 g/mol. The summed E-state index contributed by atoms with van der Waals surface area (Å²) in [4.78, 5) is 25.0. The van der Waals surface area contributed by atoms with Gasteiger partial charge in [-0.3, -0.25) is 4.57 Å². The van der Waals surface area contributed by atoms with Gasteiger partial charge in [0.05, 0.1) is 0 Å². The van der Waals surface area contributed by atoms with Crippen LogP contribution < -0.4 is 5.32 Å². The van der Waals surface area contributed by atoms with E-state index in [-0.39, 0.29) is 6.03 Å². The minimum Gasteiger partial charge on any atom is -0.334 e. The Hall–Kier alpha value is -2.41. The van der Waals surface area contributed by atoms with Crippen molar-refractivity contribution in [2.24, 2.45) is 5.92 Å². The maximum atomic E-state index is 12.4. The van der Waals surface area contributed by atoms with Crippen LogP contribution in [0.15, 0.2) is 37.1 Å². The molecule has 1 aliphatic heterocycles. The lowest BCUT2D eigenvalue weighted by Crippen LogP contribution is -2.38. The standard InChI is InChI=1S/C18H26N6O/c1-3-22(2)12-16-5-8-23(13-16)18(25)21-11-15-4-6-20-17(10-15)24-9-7-19-14-24/h4,6-7,9-10,14,16H,3,5,8,11-13H2,1-2H3,(H,21,25). The number of hydrogen-bond donors (Lipinski definition) is 1. The highest BCUT2D eigenvalue weighted by Gasteiger charge is 2.26. The number of nitrogens with zero attached hydrogens (tertiary/aromatic N) is 5. The van der Waals surface area contributed by atoms with E-state index in [2.05, 4.69) is 34.2 Å². The zero-order chi connectivity index (χ0) is 17.6. The van der Waals surface area contributed by atoms with Crippen molar-refractivity contribution in [1.82, 2.24) is 29.7 Å². The van der Waals surface area contributed by atoms with Crippen LogP contribution in [0.2, 0.25) is 0 Å². The molecule has 134 valence electrons. The molecule has 0 aromatic carbocycles. The normalized spacial score (nSPS) is 17.2. The van der Waals surface area contributed by atoms with Crippen LogP contribution in [0.25, 0.3) is 5.82 Å². The molecule has 1 atom stereocenters. The molecular formula is C18H26N6O. The molecule has 7 heteroatoms. The molecule has 2 aromatic heterocycles. The number of rotatable bonds is 6. The minimum atomic E-state index is 0.0163. The SMILES string of the molecule is CCN(C)CC1CCN(C(=O)NCc2ccnc(-n3ccnc3)c2)C1. The molecule has 2 amide bonds. The van der Waals surface area contributed by atoms with Gasteiger partial charge in [-0.1, -0.05) is 6.92 Å². The molecular weight excluding hydrogens is 316 g/mol. The Bertz CT molecular complexity index is 687. The third-order valence-corrected chi connectivity index (χ3v) is 4.71. The lowest BCUT2D eigenvalue weighted by Gasteiger charge is -2.20. The fourth-order valence-electron chi connectivity index (χ4n) is 3.13. The third-order valence-electron chi connectivity index (χ3n) is 4.71. The summed E-state index contributed by atoms with van der Waals surface area (Å²) < 4.78 is 1.85. The predicted octanol–water partition coefficient (Wildman–Crippen LogP) is 1.75. The van der Waals surface area contributed by atoms with E-state index >= 15 is 0 Å². The maximum absolute atomic E-state index is 12.4. The Labute approximate surface area is 148 Å².